The van der Waals surface area contributed by atoms with E-state index in [0.717, 1.165) is 30.3 Å². The van der Waals surface area contributed by atoms with Gasteiger partial charge in [0, 0.05) is 16.9 Å². The minimum absolute atomic E-state index is 0.0345. The van der Waals surface area contributed by atoms with Crippen LogP contribution in [-0.2, 0) is 16.2 Å². The quantitative estimate of drug-likeness (QED) is 0.541. The molecule has 30 heavy (non-hydrogen) atoms. The predicted molar refractivity (Wildman–Crippen MR) is 108 cm³/mol. The summed E-state index contributed by atoms with van der Waals surface area (Å²) in [6, 6.07) is 15.6. The molecule has 0 fully saturated rings. The molecule has 10 heteroatoms. The largest absolute Gasteiger partial charge is 0.416 e. The number of halogens is 4. The number of alkyl halides is 3. The van der Waals surface area contributed by atoms with Crippen LogP contribution in [0.5, 0.6) is 0 Å². The number of nitrogens with one attached hydrogen (secondary N) is 2. The molecule has 1 amide bonds. The number of hydrogen-bond acceptors (Lipinski definition) is 3. The van der Waals surface area contributed by atoms with Crippen molar-refractivity contribution in [3.8, 4) is 0 Å². The molecule has 0 atom stereocenters. The van der Waals surface area contributed by atoms with Gasteiger partial charge in [-0.1, -0.05) is 29.8 Å². The lowest BCUT2D eigenvalue weighted by molar-refractivity contribution is -0.137. The first-order valence-corrected chi connectivity index (χ1v) is 10.3. The summed E-state index contributed by atoms with van der Waals surface area (Å²) in [5.41, 5.74) is -0.456. The SMILES string of the molecule is O=C(Nc1ccc(C(F)(F)F)cc1)c1ccc(Cl)c(S(=O)(=O)Nc2ccccc2)c1. The van der Waals surface area contributed by atoms with E-state index < -0.39 is 27.7 Å². The van der Waals surface area contributed by atoms with Crippen molar-refractivity contribution in [1.29, 1.82) is 0 Å². The van der Waals surface area contributed by atoms with Crippen molar-refractivity contribution in [1.82, 2.24) is 0 Å². The summed E-state index contributed by atoms with van der Waals surface area (Å²) in [6.45, 7) is 0. The summed E-state index contributed by atoms with van der Waals surface area (Å²) in [7, 11) is -4.08. The van der Waals surface area contributed by atoms with Crippen LogP contribution < -0.4 is 10.0 Å². The van der Waals surface area contributed by atoms with Gasteiger partial charge in [0.25, 0.3) is 15.9 Å². The molecule has 0 aliphatic rings. The number of rotatable bonds is 5. The highest BCUT2D eigenvalue weighted by Gasteiger charge is 2.30. The zero-order valence-electron chi connectivity index (χ0n) is 15.1. The molecule has 0 bridgehead atoms. The van der Waals surface area contributed by atoms with Crippen LogP contribution in [0.25, 0.3) is 0 Å². The van der Waals surface area contributed by atoms with E-state index in [4.69, 9.17) is 11.6 Å². The van der Waals surface area contributed by atoms with Crippen molar-refractivity contribution in [3.63, 3.8) is 0 Å². The fourth-order valence-corrected chi connectivity index (χ4v) is 4.10. The lowest BCUT2D eigenvalue weighted by Gasteiger charge is -2.12. The third-order valence-corrected chi connectivity index (χ3v) is 5.84. The Morgan fingerprint density at radius 3 is 2.10 bits per heavy atom. The van der Waals surface area contributed by atoms with Crippen molar-refractivity contribution in [2.75, 3.05) is 10.0 Å². The van der Waals surface area contributed by atoms with E-state index in [-0.39, 0.29) is 21.2 Å². The van der Waals surface area contributed by atoms with E-state index in [9.17, 15) is 26.4 Å². The van der Waals surface area contributed by atoms with Crippen molar-refractivity contribution in [3.05, 3.63) is 88.9 Å². The zero-order chi connectivity index (χ0) is 21.9. The number of carbonyl (C=O) groups excluding carboxylic acids is 1. The Kier molecular flexibility index (Phi) is 6.04. The first kappa shape index (κ1) is 21.7. The van der Waals surface area contributed by atoms with Crippen LogP contribution in [0.15, 0.2) is 77.7 Å². The van der Waals surface area contributed by atoms with Gasteiger partial charge in [0.2, 0.25) is 0 Å². The first-order valence-electron chi connectivity index (χ1n) is 8.42. The lowest BCUT2D eigenvalue weighted by atomic mass is 10.1. The van der Waals surface area contributed by atoms with Crippen LogP contribution in [0.1, 0.15) is 15.9 Å². The highest BCUT2D eigenvalue weighted by molar-refractivity contribution is 7.92. The number of hydrogen-bond donors (Lipinski definition) is 2. The van der Waals surface area contributed by atoms with Crippen molar-refractivity contribution >= 4 is 38.9 Å². The highest BCUT2D eigenvalue weighted by Crippen LogP contribution is 2.30. The van der Waals surface area contributed by atoms with Gasteiger partial charge in [0.1, 0.15) is 4.90 Å². The normalized spacial score (nSPS) is 11.7. The first-order chi connectivity index (χ1) is 14.1. The molecule has 0 saturated heterocycles. The van der Waals surface area contributed by atoms with Gasteiger partial charge in [-0.3, -0.25) is 9.52 Å². The van der Waals surface area contributed by atoms with E-state index in [1.165, 1.54) is 12.1 Å². The van der Waals surface area contributed by atoms with E-state index >= 15 is 0 Å². The third-order valence-electron chi connectivity index (χ3n) is 3.98. The van der Waals surface area contributed by atoms with Crippen LogP contribution in [0, 0.1) is 0 Å². The summed E-state index contributed by atoms with van der Waals surface area (Å²) in [4.78, 5) is 12.1. The Labute approximate surface area is 175 Å². The second-order valence-corrected chi connectivity index (χ2v) is 8.20. The monoisotopic (exact) mass is 454 g/mol. The fourth-order valence-electron chi connectivity index (χ4n) is 2.51. The average molecular weight is 455 g/mol. The van der Waals surface area contributed by atoms with Crippen LogP contribution in [0.2, 0.25) is 5.02 Å². The number of benzene rings is 3. The van der Waals surface area contributed by atoms with Crippen LogP contribution in [-0.4, -0.2) is 14.3 Å². The molecular weight excluding hydrogens is 441 g/mol. The van der Waals surface area contributed by atoms with E-state index in [0.29, 0.717) is 5.69 Å². The second-order valence-electron chi connectivity index (χ2n) is 6.15. The highest BCUT2D eigenvalue weighted by atomic mass is 35.5. The van der Waals surface area contributed by atoms with Crippen LogP contribution in [0.4, 0.5) is 24.5 Å². The van der Waals surface area contributed by atoms with Gasteiger partial charge < -0.3 is 5.32 Å². The molecule has 156 valence electrons. The minimum atomic E-state index is -4.49. The number of para-hydroxylation sites is 1. The maximum Gasteiger partial charge on any atom is 0.416 e. The molecule has 3 aromatic carbocycles. The Morgan fingerprint density at radius 1 is 0.867 bits per heavy atom. The van der Waals surface area contributed by atoms with Gasteiger partial charge in [0.05, 0.1) is 10.6 Å². The summed E-state index contributed by atoms with van der Waals surface area (Å²) in [5, 5.41) is 2.33. The molecule has 0 saturated carbocycles. The number of sulfonamides is 1. The Morgan fingerprint density at radius 2 is 1.50 bits per heavy atom. The smallest absolute Gasteiger partial charge is 0.322 e. The van der Waals surface area contributed by atoms with Crippen molar-refractivity contribution in [2.45, 2.75) is 11.1 Å². The topological polar surface area (TPSA) is 75.3 Å². The number of amides is 1. The van der Waals surface area contributed by atoms with E-state index in [1.807, 2.05) is 0 Å². The van der Waals surface area contributed by atoms with E-state index in [1.54, 1.807) is 30.3 Å². The molecule has 3 rings (SSSR count). The van der Waals surface area contributed by atoms with Crippen LogP contribution in [0.3, 0.4) is 0 Å². The van der Waals surface area contributed by atoms with Gasteiger partial charge in [-0.25, -0.2) is 8.42 Å². The molecular formula is C20H14ClF3N2O3S. The summed E-state index contributed by atoms with van der Waals surface area (Å²) < 4.78 is 65.6. The Balaban J connectivity index is 1.83. The van der Waals surface area contributed by atoms with Crippen LogP contribution >= 0.6 is 11.6 Å². The lowest BCUT2D eigenvalue weighted by Crippen LogP contribution is -2.16. The standard InChI is InChI=1S/C20H14ClF3N2O3S/c21-17-11-6-13(12-18(17)30(28,29)26-16-4-2-1-3-5-16)19(27)25-15-9-7-14(8-10-15)20(22,23)24/h1-12,26H,(H,25,27). The average Bonchev–Trinajstić information content (AvgIpc) is 2.68. The maximum atomic E-state index is 12.7. The van der Waals surface area contributed by atoms with Gasteiger partial charge in [-0.2, -0.15) is 13.2 Å². The molecule has 5 nitrogen and oxygen atoms in total. The summed E-state index contributed by atoms with van der Waals surface area (Å²) in [6.07, 6.45) is -4.49. The van der Waals surface area contributed by atoms with E-state index in [2.05, 4.69) is 10.0 Å². The Bertz CT molecular complexity index is 1170. The van der Waals surface area contributed by atoms with Crippen molar-refractivity contribution < 1.29 is 26.4 Å². The molecule has 0 radical (unpaired) electrons. The van der Waals surface area contributed by atoms with Gasteiger partial charge in [-0.05, 0) is 54.6 Å². The predicted octanol–water partition coefficient (Wildman–Crippen LogP) is 5.41. The van der Waals surface area contributed by atoms with Gasteiger partial charge in [0.15, 0.2) is 0 Å². The zero-order valence-corrected chi connectivity index (χ0v) is 16.6. The number of carbonyl (C=O) groups is 1. The van der Waals surface area contributed by atoms with Gasteiger partial charge in [-0.15, -0.1) is 0 Å². The number of anilines is 2. The molecule has 0 unspecified atom stereocenters. The maximum absolute atomic E-state index is 12.7. The summed E-state index contributed by atoms with van der Waals surface area (Å²) >= 11 is 6.01. The molecule has 0 aliphatic carbocycles. The summed E-state index contributed by atoms with van der Waals surface area (Å²) in [5.74, 6) is -0.706. The van der Waals surface area contributed by atoms with Crippen molar-refractivity contribution in [2.24, 2.45) is 0 Å². The Hall–Kier alpha value is -3.04. The molecule has 0 aromatic heterocycles. The third kappa shape index (κ3) is 5.11. The minimum Gasteiger partial charge on any atom is -0.322 e. The molecule has 2 N–H and O–H groups in total. The molecule has 0 spiro atoms. The second kappa shape index (κ2) is 8.37. The molecule has 0 heterocycles. The molecule has 0 aliphatic heterocycles. The fraction of sp³-hybridized carbons (Fsp3) is 0.0500. The van der Waals surface area contributed by atoms with Gasteiger partial charge >= 0.3 is 6.18 Å². The molecule has 3 aromatic rings.